The summed E-state index contributed by atoms with van der Waals surface area (Å²) in [7, 11) is 2.18. The van der Waals surface area contributed by atoms with Crippen molar-refractivity contribution in [2.45, 2.75) is 4.90 Å². The Labute approximate surface area is 114 Å². The molecule has 0 amide bonds. The predicted octanol–water partition coefficient (Wildman–Crippen LogP) is 2.03. The van der Waals surface area contributed by atoms with Crippen molar-refractivity contribution in [2.24, 2.45) is 0 Å². The fraction of sp³-hybridized carbons (Fsp3) is 0.571. The molecule has 0 saturated carbocycles. The van der Waals surface area contributed by atoms with E-state index in [1.54, 1.807) is 11.8 Å². The van der Waals surface area contributed by atoms with Crippen LogP contribution >= 0.6 is 11.8 Å². The maximum atomic E-state index is 5.77. The predicted molar refractivity (Wildman–Crippen MR) is 77.7 cm³/mol. The van der Waals surface area contributed by atoms with Crippen molar-refractivity contribution in [3.05, 3.63) is 24.3 Å². The van der Waals surface area contributed by atoms with Crippen molar-refractivity contribution in [1.82, 2.24) is 9.80 Å². The summed E-state index contributed by atoms with van der Waals surface area (Å²) in [5.74, 6) is 0.974. The van der Waals surface area contributed by atoms with Crippen LogP contribution in [0.2, 0.25) is 0 Å². The Bertz CT molecular complexity index is 347. The van der Waals surface area contributed by atoms with Crippen LogP contribution in [0.3, 0.4) is 0 Å². The Hall–Kier alpha value is -0.710. The minimum absolute atomic E-state index is 0.780. The van der Waals surface area contributed by atoms with Crippen molar-refractivity contribution in [2.75, 3.05) is 52.6 Å². The van der Waals surface area contributed by atoms with Crippen LogP contribution in [0.25, 0.3) is 0 Å². The highest BCUT2D eigenvalue weighted by molar-refractivity contribution is 7.98. The second-order valence-electron chi connectivity index (χ2n) is 4.67. The van der Waals surface area contributed by atoms with Crippen molar-refractivity contribution < 1.29 is 4.74 Å². The Morgan fingerprint density at radius 1 is 1.11 bits per heavy atom. The monoisotopic (exact) mass is 266 g/mol. The Kier molecular flexibility index (Phi) is 5.35. The number of ether oxygens (including phenoxy) is 1. The van der Waals surface area contributed by atoms with Gasteiger partial charge in [-0.1, -0.05) is 0 Å². The lowest BCUT2D eigenvalue weighted by Gasteiger charge is -2.32. The van der Waals surface area contributed by atoms with Crippen LogP contribution in [0.4, 0.5) is 0 Å². The average Bonchev–Trinajstić information content (AvgIpc) is 2.42. The largest absolute Gasteiger partial charge is 0.492 e. The first-order valence-electron chi connectivity index (χ1n) is 6.45. The van der Waals surface area contributed by atoms with E-state index in [0.29, 0.717) is 0 Å². The van der Waals surface area contributed by atoms with Crippen LogP contribution in [0, 0.1) is 0 Å². The number of benzene rings is 1. The summed E-state index contributed by atoms with van der Waals surface area (Å²) >= 11 is 1.76. The second-order valence-corrected chi connectivity index (χ2v) is 5.55. The van der Waals surface area contributed by atoms with Gasteiger partial charge in [0, 0.05) is 37.6 Å². The molecule has 0 aromatic heterocycles. The summed E-state index contributed by atoms with van der Waals surface area (Å²) in [6, 6.07) is 8.32. The van der Waals surface area contributed by atoms with Gasteiger partial charge in [-0.3, -0.25) is 4.90 Å². The maximum absolute atomic E-state index is 5.77. The number of hydrogen-bond donors (Lipinski definition) is 0. The van der Waals surface area contributed by atoms with Crippen LogP contribution in [0.15, 0.2) is 29.2 Å². The van der Waals surface area contributed by atoms with Gasteiger partial charge in [0.25, 0.3) is 0 Å². The molecule has 0 spiro atoms. The third kappa shape index (κ3) is 4.19. The quantitative estimate of drug-likeness (QED) is 0.758. The molecular formula is C14H22N2OS. The van der Waals surface area contributed by atoms with E-state index in [9.17, 15) is 0 Å². The second kappa shape index (κ2) is 7.02. The van der Waals surface area contributed by atoms with E-state index in [2.05, 4.69) is 47.4 Å². The summed E-state index contributed by atoms with van der Waals surface area (Å²) in [5, 5.41) is 0. The van der Waals surface area contributed by atoms with Gasteiger partial charge in [-0.25, -0.2) is 0 Å². The molecular weight excluding hydrogens is 244 g/mol. The first kappa shape index (κ1) is 13.7. The molecule has 0 N–H and O–H groups in total. The van der Waals surface area contributed by atoms with E-state index < -0.39 is 0 Å². The highest BCUT2D eigenvalue weighted by atomic mass is 32.2. The lowest BCUT2D eigenvalue weighted by atomic mass is 10.3. The number of thioether (sulfide) groups is 1. The first-order chi connectivity index (χ1) is 8.78. The molecule has 1 aromatic rings. The zero-order valence-electron chi connectivity index (χ0n) is 11.3. The molecule has 0 radical (unpaired) electrons. The highest BCUT2D eigenvalue weighted by Gasteiger charge is 2.12. The molecule has 1 aromatic carbocycles. The summed E-state index contributed by atoms with van der Waals surface area (Å²) in [6.07, 6.45) is 2.09. The van der Waals surface area contributed by atoms with E-state index in [-0.39, 0.29) is 0 Å². The molecule has 1 heterocycles. The van der Waals surface area contributed by atoms with Crippen molar-refractivity contribution >= 4 is 11.8 Å². The first-order valence-corrected chi connectivity index (χ1v) is 7.68. The fourth-order valence-electron chi connectivity index (χ4n) is 2.04. The molecule has 18 heavy (non-hydrogen) atoms. The SMILES string of the molecule is CSc1ccc(OCCN2CCN(C)CC2)cc1. The average molecular weight is 266 g/mol. The third-order valence-corrected chi connectivity index (χ3v) is 4.08. The van der Waals surface area contributed by atoms with Crippen LogP contribution in [0.5, 0.6) is 5.75 Å². The number of hydrogen-bond acceptors (Lipinski definition) is 4. The lowest BCUT2D eigenvalue weighted by Crippen LogP contribution is -2.45. The van der Waals surface area contributed by atoms with Gasteiger partial charge in [0.1, 0.15) is 12.4 Å². The molecule has 1 aliphatic heterocycles. The van der Waals surface area contributed by atoms with Gasteiger partial charge in [-0.2, -0.15) is 0 Å². The molecule has 2 rings (SSSR count). The highest BCUT2D eigenvalue weighted by Crippen LogP contribution is 2.18. The van der Waals surface area contributed by atoms with Gasteiger partial charge in [0.15, 0.2) is 0 Å². The number of rotatable bonds is 5. The molecule has 100 valence electrons. The summed E-state index contributed by atoms with van der Waals surface area (Å²) in [4.78, 5) is 6.12. The number of piperazine rings is 1. The van der Waals surface area contributed by atoms with E-state index in [4.69, 9.17) is 4.74 Å². The standard InChI is InChI=1S/C14H22N2OS/c1-15-7-9-16(10-8-15)11-12-17-13-3-5-14(18-2)6-4-13/h3-6H,7-12H2,1-2H3. The van der Waals surface area contributed by atoms with Gasteiger partial charge in [0.05, 0.1) is 0 Å². The molecule has 0 unspecified atom stereocenters. The minimum atomic E-state index is 0.780. The smallest absolute Gasteiger partial charge is 0.119 e. The molecule has 4 heteroatoms. The Morgan fingerprint density at radius 2 is 1.78 bits per heavy atom. The zero-order chi connectivity index (χ0) is 12.8. The third-order valence-electron chi connectivity index (χ3n) is 3.33. The molecule has 1 aliphatic rings. The molecule has 3 nitrogen and oxygen atoms in total. The van der Waals surface area contributed by atoms with Gasteiger partial charge in [-0.05, 0) is 37.6 Å². The molecule has 1 fully saturated rings. The van der Waals surface area contributed by atoms with Crippen LogP contribution in [-0.4, -0.2) is 62.4 Å². The topological polar surface area (TPSA) is 15.7 Å². The van der Waals surface area contributed by atoms with Crippen LogP contribution < -0.4 is 4.74 Å². The van der Waals surface area contributed by atoms with Gasteiger partial charge < -0.3 is 9.64 Å². The Balaban J connectivity index is 1.68. The summed E-state index contributed by atoms with van der Waals surface area (Å²) in [6.45, 7) is 6.46. The molecule has 0 aliphatic carbocycles. The van der Waals surface area contributed by atoms with E-state index in [1.165, 1.54) is 18.0 Å². The Morgan fingerprint density at radius 3 is 2.39 bits per heavy atom. The summed E-state index contributed by atoms with van der Waals surface area (Å²) in [5.41, 5.74) is 0. The zero-order valence-corrected chi connectivity index (χ0v) is 12.1. The number of nitrogens with zero attached hydrogens (tertiary/aromatic N) is 2. The van der Waals surface area contributed by atoms with Crippen molar-refractivity contribution in [3.8, 4) is 5.75 Å². The molecule has 1 saturated heterocycles. The summed E-state index contributed by atoms with van der Waals surface area (Å²) < 4.78 is 5.77. The molecule has 0 atom stereocenters. The van der Waals surface area contributed by atoms with E-state index in [1.807, 2.05) is 0 Å². The lowest BCUT2D eigenvalue weighted by molar-refractivity contribution is 0.133. The van der Waals surface area contributed by atoms with Gasteiger partial charge >= 0.3 is 0 Å². The van der Waals surface area contributed by atoms with Gasteiger partial charge in [-0.15, -0.1) is 11.8 Å². The van der Waals surface area contributed by atoms with E-state index in [0.717, 1.165) is 32.0 Å². The van der Waals surface area contributed by atoms with Crippen LogP contribution in [0.1, 0.15) is 0 Å². The molecule has 0 bridgehead atoms. The number of likely N-dealkylation sites (N-methyl/N-ethyl adjacent to an activating group) is 1. The van der Waals surface area contributed by atoms with Crippen molar-refractivity contribution in [3.63, 3.8) is 0 Å². The maximum Gasteiger partial charge on any atom is 0.119 e. The van der Waals surface area contributed by atoms with Crippen LogP contribution in [-0.2, 0) is 0 Å². The van der Waals surface area contributed by atoms with Crippen molar-refractivity contribution in [1.29, 1.82) is 0 Å². The van der Waals surface area contributed by atoms with E-state index >= 15 is 0 Å². The van der Waals surface area contributed by atoms with Gasteiger partial charge in [0.2, 0.25) is 0 Å². The minimum Gasteiger partial charge on any atom is -0.492 e. The normalized spacial score (nSPS) is 17.9. The fourth-order valence-corrected chi connectivity index (χ4v) is 2.44.